The van der Waals surface area contributed by atoms with Crippen molar-refractivity contribution in [1.82, 2.24) is 14.8 Å². The summed E-state index contributed by atoms with van der Waals surface area (Å²) in [6, 6.07) is 10.8. The number of piperidine rings is 1. The molecule has 2 aliphatic heterocycles. The first-order valence-corrected chi connectivity index (χ1v) is 11.2. The summed E-state index contributed by atoms with van der Waals surface area (Å²) in [6.07, 6.45) is 3.10. The van der Waals surface area contributed by atoms with Gasteiger partial charge in [-0.25, -0.2) is 4.98 Å². The lowest BCUT2D eigenvalue weighted by Crippen LogP contribution is -2.45. The molecule has 0 radical (unpaired) electrons. The summed E-state index contributed by atoms with van der Waals surface area (Å²) in [4.78, 5) is 33.5. The number of pyridine rings is 1. The summed E-state index contributed by atoms with van der Waals surface area (Å²) >= 11 is 12.0. The van der Waals surface area contributed by atoms with Crippen LogP contribution in [0.25, 0.3) is 0 Å². The Morgan fingerprint density at radius 3 is 2.45 bits per heavy atom. The standard InChI is InChI=1S/C23H25Cl2N3O3/c1-31-17-4-2-3-16(13-17)14-20(29)27-10-7-23(8-11-27)9-12-28(15-23)22(30)18-5-6-19(24)26-21(18)25/h2-6,13H,7-12,14-15H2,1H3. The molecule has 0 atom stereocenters. The number of carbonyl (C=O) groups is 2. The average molecular weight is 462 g/mol. The van der Waals surface area contributed by atoms with Gasteiger partial charge in [0.1, 0.15) is 16.1 Å². The lowest BCUT2D eigenvalue weighted by Gasteiger charge is -2.39. The summed E-state index contributed by atoms with van der Waals surface area (Å²) in [7, 11) is 1.62. The van der Waals surface area contributed by atoms with Gasteiger partial charge < -0.3 is 14.5 Å². The average Bonchev–Trinajstić information content (AvgIpc) is 3.17. The van der Waals surface area contributed by atoms with E-state index in [9.17, 15) is 9.59 Å². The summed E-state index contributed by atoms with van der Waals surface area (Å²) in [6.45, 7) is 2.81. The Kier molecular flexibility index (Phi) is 6.39. The van der Waals surface area contributed by atoms with Gasteiger partial charge in [0.15, 0.2) is 0 Å². The van der Waals surface area contributed by atoms with Gasteiger partial charge in [-0.2, -0.15) is 0 Å². The van der Waals surface area contributed by atoms with Crippen LogP contribution < -0.4 is 4.74 Å². The number of benzene rings is 1. The number of likely N-dealkylation sites (tertiary alicyclic amines) is 2. The number of halogens is 2. The highest BCUT2D eigenvalue weighted by Gasteiger charge is 2.43. The van der Waals surface area contributed by atoms with Crippen LogP contribution in [-0.2, 0) is 11.2 Å². The third kappa shape index (κ3) is 4.80. The minimum absolute atomic E-state index is 0.0642. The minimum atomic E-state index is -0.109. The van der Waals surface area contributed by atoms with E-state index in [1.54, 1.807) is 19.2 Å². The van der Waals surface area contributed by atoms with Gasteiger partial charge in [0.2, 0.25) is 5.91 Å². The fourth-order valence-electron chi connectivity index (χ4n) is 4.56. The van der Waals surface area contributed by atoms with Gasteiger partial charge in [0.05, 0.1) is 19.1 Å². The number of carbonyl (C=O) groups excluding carboxylic acids is 2. The molecule has 0 bridgehead atoms. The summed E-state index contributed by atoms with van der Waals surface area (Å²) in [5, 5.41) is 0.404. The molecule has 2 amide bonds. The van der Waals surface area contributed by atoms with Crippen LogP contribution in [0.4, 0.5) is 0 Å². The van der Waals surface area contributed by atoms with E-state index in [1.165, 1.54) is 0 Å². The maximum absolute atomic E-state index is 12.9. The molecule has 0 saturated carbocycles. The number of ether oxygens (including phenoxy) is 1. The summed E-state index contributed by atoms with van der Waals surface area (Å²) < 4.78 is 5.24. The maximum atomic E-state index is 12.9. The quantitative estimate of drug-likeness (QED) is 0.643. The molecule has 4 rings (SSSR count). The molecule has 1 aromatic heterocycles. The fourth-order valence-corrected chi connectivity index (χ4v) is 4.98. The Morgan fingerprint density at radius 1 is 1.06 bits per heavy atom. The molecule has 8 heteroatoms. The Bertz CT molecular complexity index is 990. The second-order valence-corrected chi connectivity index (χ2v) is 9.10. The van der Waals surface area contributed by atoms with Crippen molar-refractivity contribution in [3.63, 3.8) is 0 Å². The number of amides is 2. The highest BCUT2D eigenvalue weighted by atomic mass is 35.5. The van der Waals surface area contributed by atoms with Crippen molar-refractivity contribution in [1.29, 1.82) is 0 Å². The first-order valence-electron chi connectivity index (χ1n) is 10.4. The number of methoxy groups -OCH3 is 1. The molecule has 1 aromatic carbocycles. The Hall–Kier alpha value is -2.31. The highest BCUT2D eigenvalue weighted by molar-refractivity contribution is 6.34. The molecule has 2 fully saturated rings. The SMILES string of the molecule is COc1cccc(CC(=O)N2CCC3(CC2)CCN(C(=O)c2ccc(Cl)nc2Cl)C3)c1. The first kappa shape index (κ1) is 21.9. The lowest BCUT2D eigenvalue weighted by atomic mass is 9.77. The molecule has 2 aromatic rings. The van der Waals surface area contributed by atoms with Crippen molar-refractivity contribution in [3.05, 3.63) is 57.8 Å². The van der Waals surface area contributed by atoms with E-state index in [1.807, 2.05) is 34.1 Å². The molecular weight excluding hydrogens is 437 g/mol. The molecule has 2 aliphatic rings. The third-order valence-electron chi connectivity index (χ3n) is 6.44. The molecule has 164 valence electrons. The van der Waals surface area contributed by atoms with Crippen LogP contribution in [0.1, 0.15) is 35.2 Å². The molecular formula is C23H25Cl2N3O3. The fraction of sp³-hybridized carbons (Fsp3) is 0.435. The van der Waals surface area contributed by atoms with E-state index in [2.05, 4.69) is 4.98 Å². The molecule has 0 aliphatic carbocycles. The molecule has 3 heterocycles. The van der Waals surface area contributed by atoms with Crippen molar-refractivity contribution in [3.8, 4) is 5.75 Å². The molecule has 6 nitrogen and oxygen atoms in total. The zero-order valence-corrected chi connectivity index (χ0v) is 19.0. The Labute approximate surface area is 192 Å². The van der Waals surface area contributed by atoms with Crippen LogP contribution in [0.2, 0.25) is 10.3 Å². The minimum Gasteiger partial charge on any atom is -0.497 e. The van der Waals surface area contributed by atoms with Crippen molar-refractivity contribution in [2.75, 3.05) is 33.3 Å². The molecule has 2 saturated heterocycles. The lowest BCUT2D eigenvalue weighted by molar-refractivity contribution is -0.132. The molecule has 0 N–H and O–H groups in total. The molecule has 1 spiro atoms. The normalized spacial score (nSPS) is 17.8. The van der Waals surface area contributed by atoms with Crippen LogP contribution in [0.15, 0.2) is 36.4 Å². The zero-order chi connectivity index (χ0) is 22.0. The van der Waals surface area contributed by atoms with E-state index < -0.39 is 0 Å². The van der Waals surface area contributed by atoms with Crippen molar-refractivity contribution >= 4 is 35.0 Å². The number of aromatic nitrogens is 1. The van der Waals surface area contributed by atoms with Crippen molar-refractivity contribution < 1.29 is 14.3 Å². The van der Waals surface area contributed by atoms with Crippen LogP contribution >= 0.6 is 23.2 Å². The van der Waals surface area contributed by atoms with E-state index in [4.69, 9.17) is 27.9 Å². The Morgan fingerprint density at radius 2 is 1.77 bits per heavy atom. The van der Waals surface area contributed by atoms with Gasteiger partial charge in [-0.3, -0.25) is 9.59 Å². The van der Waals surface area contributed by atoms with Crippen molar-refractivity contribution in [2.24, 2.45) is 5.41 Å². The first-order chi connectivity index (χ1) is 14.9. The van der Waals surface area contributed by atoms with Gasteiger partial charge in [-0.05, 0) is 54.5 Å². The van der Waals surface area contributed by atoms with Gasteiger partial charge in [0.25, 0.3) is 5.91 Å². The number of rotatable bonds is 4. The van der Waals surface area contributed by atoms with Gasteiger partial charge in [-0.15, -0.1) is 0 Å². The predicted molar refractivity (Wildman–Crippen MR) is 120 cm³/mol. The van der Waals surface area contributed by atoms with E-state index in [0.29, 0.717) is 38.2 Å². The predicted octanol–water partition coefficient (Wildman–Crippen LogP) is 4.09. The van der Waals surface area contributed by atoms with Crippen LogP contribution in [0, 0.1) is 5.41 Å². The highest BCUT2D eigenvalue weighted by Crippen LogP contribution is 2.41. The van der Waals surface area contributed by atoms with Gasteiger partial charge in [0, 0.05) is 26.2 Å². The second-order valence-electron chi connectivity index (χ2n) is 8.36. The smallest absolute Gasteiger partial charge is 0.257 e. The van der Waals surface area contributed by atoms with Crippen LogP contribution in [0.5, 0.6) is 5.75 Å². The molecule has 0 unspecified atom stereocenters. The summed E-state index contributed by atoms with van der Waals surface area (Å²) in [5.41, 5.74) is 1.40. The second kappa shape index (κ2) is 9.05. The topological polar surface area (TPSA) is 62.7 Å². The van der Waals surface area contributed by atoms with Gasteiger partial charge in [-0.1, -0.05) is 35.3 Å². The number of hydrogen-bond donors (Lipinski definition) is 0. The van der Waals surface area contributed by atoms with Gasteiger partial charge >= 0.3 is 0 Å². The van der Waals surface area contributed by atoms with E-state index in [-0.39, 0.29) is 27.5 Å². The summed E-state index contributed by atoms with van der Waals surface area (Å²) in [5.74, 6) is 0.783. The molecule has 31 heavy (non-hydrogen) atoms. The largest absolute Gasteiger partial charge is 0.497 e. The van der Waals surface area contributed by atoms with E-state index in [0.717, 1.165) is 30.6 Å². The van der Waals surface area contributed by atoms with Crippen LogP contribution in [0.3, 0.4) is 0 Å². The maximum Gasteiger partial charge on any atom is 0.257 e. The monoisotopic (exact) mass is 461 g/mol. The number of nitrogens with zero attached hydrogens (tertiary/aromatic N) is 3. The van der Waals surface area contributed by atoms with E-state index >= 15 is 0 Å². The number of hydrogen-bond acceptors (Lipinski definition) is 4. The third-order valence-corrected chi connectivity index (χ3v) is 6.94. The van der Waals surface area contributed by atoms with Crippen LogP contribution in [-0.4, -0.2) is 59.9 Å². The van der Waals surface area contributed by atoms with Crippen molar-refractivity contribution in [2.45, 2.75) is 25.7 Å². The Balaban J connectivity index is 1.34. The zero-order valence-electron chi connectivity index (χ0n) is 17.4.